The van der Waals surface area contributed by atoms with Gasteiger partial charge in [-0.2, -0.15) is 0 Å². The van der Waals surface area contributed by atoms with Crippen LogP contribution in [0.1, 0.15) is 0 Å². The van der Waals surface area contributed by atoms with E-state index in [1.165, 1.54) is 44.5 Å². The second kappa shape index (κ2) is 12.6. The Bertz CT molecular complexity index is 1960. The van der Waals surface area contributed by atoms with E-state index in [0.29, 0.717) is 0 Å². The lowest BCUT2D eigenvalue weighted by molar-refractivity contribution is 1.28. The van der Waals surface area contributed by atoms with Crippen LogP contribution >= 0.6 is 15.9 Å². The Morgan fingerprint density at radius 1 is 0.295 bits per heavy atom. The predicted octanol–water partition coefficient (Wildman–Crippen LogP) is 12.6. The monoisotopic (exact) mass is 627 g/mol. The van der Waals surface area contributed by atoms with Gasteiger partial charge in [-0.05, 0) is 81.4 Å². The Morgan fingerprint density at radius 3 is 1.11 bits per heavy atom. The summed E-state index contributed by atoms with van der Waals surface area (Å²) in [5, 5.41) is 0. The smallest absolute Gasteiger partial charge is 0.0540 e. The molecule has 0 bridgehead atoms. The first kappa shape index (κ1) is 27.6. The zero-order chi connectivity index (χ0) is 29.7. The fraction of sp³-hybridized carbons (Fsp3) is 0. The highest BCUT2D eigenvalue weighted by Crippen LogP contribution is 2.41. The average Bonchev–Trinajstić information content (AvgIpc) is 3.10. The molecule has 0 saturated heterocycles. The predicted molar refractivity (Wildman–Crippen MR) is 191 cm³/mol. The lowest BCUT2D eigenvalue weighted by Crippen LogP contribution is -2.11. The molecule has 0 spiro atoms. The van der Waals surface area contributed by atoms with Gasteiger partial charge in [0.1, 0.15) is 0 Å². The van der Waals surface area contributed by atoms with Crippen molar-refractivity contribution in [3.05, 3.63) is 186 Å². The Morgan fingerprint density at radius 2 is 0.636 bits per heavy atom. The number of hydrogen-bond donors (Lipinski definition) is 0. The third kappa shape index (κ3) is 5.86. The van der Waals surface area contributed by atoms with Crippen LogP contribution in [0.4, 0.5) is 17.1 Å². The summed E-state index contributed by atoms with van der Waals surface area (Å²) in [7, 11) is 0. The number of halogens is 1. The van der Waals surface area contributed by atoms with Crippen molar-refractivity contribution in [1.82, 2.24) is 0 Å². The van der Waals surface area contributed by atoms with Crippen molar-refractivity contribution in [3.63, 3.8) is 0 Å². The molecule has 2 heteroatoms. The Kier molecular flexibility index (Phi) is 7.91. The van der Waals surface area contributed by atoms with E-state index in [0.717, 1.165) is 21.5 Å². The van der Waals surface area contributed by atoms with Crippen molar-refractivity contribution in [2.24, 2.45) is 0 Å². The first-order valence-electron chi connectivity index (χ1n) is 14.8. The van der Waals surface area contributed by atoms with Crippen molar-refractivity contribution >= 4 is 33.0 Å². The van der Waals surface area contributed by atoms with E-state index in [1.807, 2.05) is 0 Å². The van der Waals surface area contributed by atoms with Gasteiger partial charge in [-0.25, -0.2) is 0 Å². The molecule has 7 aromatic carbocycles. The van der Waals surface area contributed by atoms with E-state index in [-0.39, 0.29) is 0 Å². The van der Waals surface area contributed by atoms with E-state index in [1.54, 1.807) is 0 Å². The molecule has 0 unspecified atom stereocenters. The van der Waals surface area contributed by atoms with E-state index in [9.17, 15) is 0 Å². The van der Waals surface area contributed by atoms with Crippen molar-refractivity contribution in [2.45, 2.75) is 0 Å². The molecule has 0 saturated carbocycles. The third-order valence-corrected chi connectivity index (χ3v) is 8.51. The summed E-state index contributed by atoms with van der Waals surface area (Å²) in [6.45, 7) is 0. The van der Waals surface area contributed by atoms with Gasteiger partial charge >= 0.3 is 0 Å². The van der Waals surface area contributed by atoms with Gasteiger partial charge in [-0.1, -0.05) is 155 Å². The number of anilines is 3. The summed E-state index contributed by atoms with van der Waals surface area (Å²) < 4.78 is 1.08. The van der Waals surface area contributed by atoms with E-state index in [2.05, 4.69) is 203 Å². The molecule has 0 fully saturated rings. The maximum absolute atomic E-state index is 3.55. The van der Waals surface area contributed by atoms with Crippen LogP contribution in [-0.4, -0.2) is 0 Å². The maximum atomic E-state index is 3.55. The second-order valence-electron chi connectivity index (χ2n) is 10.8. The maximum Gasteiger partial charge on any atom is 0.0540 e. The molecule has 44 heavy (non-hydrogen) atoms. The first-order chi connectivity index (χ1) is 21.7. The minimum absolute atomic E-state index is 1.08. The summed E-state index contributed by atoms with van der Waals surface area (Å²) in [6.07, 6.45) is 0. The Hall–Kier alpha value is -5.18. The van der Waals surface area contributed by atoms with E-state index in [4.69, 9.17) is 0 Å². The summed E-state index contributed by atoms with van der Waals surface area (Å²) in [5.41, 5.74) is 12.9. The van der Waals surface area contributed by atoms with Crippen molar-refractivity contribution in [1.29, 1.82) is 0 Å². The summed E-state index contributed by atoms with van der Waals surface area (Å²) in [6, 6.07) is 64.8. The fourth-order valence-electron chi connectivity index (χ4n) is 5.69. The van der Waals surface area contributed by atoms with Gasteiger partial charge in [-0.3, -0.25) is 0 Å². The topological polar surface area (TPSA) is 3.24 Å². The molecule has 0 aliphatic carbocycles. The number of hydrogen-bond acceptors (Lipinski definition) is 1. The van der Waals surface area contributed by atoms with Gasteiger partial charge in [0, 0.05) is 21.4 Å². The van der Waals surface area contributed by atoms with E-state index < -0.39 is 0 Å². The Balaban J connectivity index is 1.27. The zero-order valence-electron chi connectivity index (χ0n) is 24.1. The lowest BCUT2D eigenvalue weighted by Gasteiger charge is -2.28. The van der Waals surface area contributed by atoms with Crippen LogP contribution in [0.3, 0.4) is 0 Å². The molecule has 210 valence electrons. The number of benzene rings is 7. The van der Waals surface area contributed by atoms with Gasteiger partial charge in [0.15, 0.2) is 0 Å². The highest BCUT2D eigenvalue weighted by atomic mass is 79.9. The second-order valence-corrected chi connectivity index (χ2v) is 11.7. The van der Waals surface area contributed by atoms with Crippen LogP contribution < -0.4 is 4.90 Å². The molecule has 1 nitrogen and oxygen atoms in total. The highest BCUT2D eigenvalue weighted by molar-refractivity contribution is 9.10. The molecule has 0 N–H and O–H groups in total. The van der Waals surface area contributed by atoms with Gasteiger partial charge in [0.25, 0.3) is 0 Å². The largest absolute Gasteiger partial charge is 0.310 e. The van der Waals surface area contributed by atoms with Gasteiger partial charge in [-0.15, -0.1) is 0 Å². The van der Waals surface area contributed by atoms with Gasteiger partial charge < -0.3 is 4.90 Å². The standard InChI is InChI=1S/C42H30BrN/c43-38-25-19-34(20-26-38)36-23-29-40(30-24-36)44(42-14-8-7-13-41(42)37-11-5-2-6-12-37)39-27-21-35(22-28-39)33-17-15-32(16-18-33)31-9-3-1-4-10-31/h1-30H. The van der Waals surface area contributed by atoms with Crippen molar-refractivity contribution in [3.8, 4) is 44.5 Å². The third-order valence-electron chi connectivity index (χ3n) is 7.98. The van der Waals surface area contributed by atoms with Gasteiger partial charge in [0.05, 0.1) is 5.69 Å². The molecule has 7 rings (SSSR count). The summed E-state index contributed by atoms with van der Waals surface area (Å²) in [5.74, 6) is 0. The average molecular weight is 629 g/mol. The van der Waals surface area contributed by atoms with Crippen molar-refractivity contribution in [2.75, 3.05) is 4.90 Å². The van der Waals surface area contributed by atoms with Crippen LogP contribution in [0.15, 0.2) is 186 Å². The van der Waals surface area contributed by atoms with Crippen LogP contribution in [-0.2, 0) is 0 Å². The molecule has 0 aliphatic rings. The molecule has 7 aromatic rings. The zero-order valence-corrected chi connectivity index (χ0v) is 25.7. The molecular formula is C42H30BrN. The quantitative estimate of drug-likeness (QED) is 0.170. The fourth-order valence-corrected chi connectivity index (χ4v) is 5.96. The normalized spacial score (nSPS) is 10.8. The van der Waals surface area contributed by atoms with Gasteiger partial charge in [0.2, 0.25) is 0 Å². The number of nitrogens with zero attached hydrogens (tertiary/aromatic N) is 1. The summed E-state index contributed by atoms with van der Waals surface area (Å²) >= 11 is 3.55. The van der Waals surface area contributed by atoms with Crippen LogP contribution in [0.5, 0.6) is 0 Å². The minimum atomic E-state index is 1.08. The molecule has 0 heterocycles. The Labute approximate surface area is 267 Å². The van der Waals surface area contributed by atoms with Crippen LogP contribution in [0.25, 0.3) is 44.5 Å². The minimum Gasteiger partial charge on any atom is -0.310 e. The molecular weight excluding hydrogens is 598 g/mol. The van der Waals surface area contributed by atoms with Crippen LogP contribution in [0.2, 0.25) is 0 Å². The molecule has 0 aliphatic heterocycles. The number of rotatable bonds is 7. The first-order valence-corrected chi connectivity index (χ1v) is 15.6. The summed E-state index contributed by atoms with van der Waals surface area (Å²) in [4.78, 5) is 2.36. The van der Waals surface area contributed by atoms with Crippen LogP contribution in [0, 0.1) is 0 Å². The molecule has 0 amide bonds. The molecule has 0 atom stereocenters. The number of para-hydroxylation sites is 1. The highest BCUT2D eigenvalue weighted by Gasteiger charge is 2.17. The lowest BCUT2D eigenvalue weighted by atomic mass is 9.99. The van der Waals surface area contributed by atoms with Crippen molar-refractivity contribution < 1.29 is 0 Å². The molecule has 0 radical (unpaired) electrons. The SMILES string of the molecule is Brc1ccc(-c2ccc(N(c3ccc(-c4ccc(-c5ccccc5)cc4)cc3)c3ccccc3-c3ccccc3)cc2)cc1. The molecule has 0 aromatic heterocycles. The van der Waals surface area contributed by atoms with E-state index >= 15 is 0 Å².